The second-order valence-electron chi connectivity index (χ2n) is 4.42. The lowest BCUT2D eigenvalue weighted by Gasteiger charge is -2.01. The zero-order valence-electron chi connectivity index (χ0n) is 9.61. The molecule has 2 rings (SSSR count). The van der Waals surface area contributed by atoms with Crippen molar-refractivity contribution in [3.63, 3.8) is 0 Å². The molecule has 0 saturated carbocycles. The van der Waals surface area contributed by atoms with Crippen LogP contribution in [-0.2, 0) is 0 Å². The van der Waals surface area contributed by atoms with Crippen LogP contribution in [0.4, 0.5) is 0 Å². The average Bonchev–Trinajstić information content (AvgIpc) is 2.59. The Morgan fingerprint density at radius 1 is 1.00 bits per heavy atom. The summed E-state index contributed by atoms with van der Waals surface area (Å²) in [6.45, 7) is 8.37. The summed E-state index contributed by atoms with van der Waals surface area (Å²) < 4.78 is 5.60. The predicted molar refractivity (Wildman–Crippen MR) is 60.0 cm³/mol. The van der Waals surface area contributed by atoms with Gasteiger partial charge in [-0.1, -0.05) is 27.7 Å². The molecule has 0 amide bonds. The Bertz CT molecular complexity index is 465. The van der Waals surface area contributed by atoms with Crippen LogP contribution >= 0.6 is 0 Å². The summed E-state index contributed by atoms with van der Waals surface area (Å²) >= 11 is 0. The molecule has 2 heterocycles. The number of oxazole rings is 1. The minimum Gasteiger partial charge on any atom is -0.422 e. The first kappa shape index (κ1) is 10.1. The molecule has 0 aliphatic rings. The Morgan fingerprint density at radius 2 is 1.73 bits per heavy atom. The zero-order valence-corrected chi connectivity index (χ0v) is 9.61. The maximum atomic E-state index is 5.60. The van der Waals surface area contributed by atoms with Gasteiger partial charge in [0.25, 0.3) is 0 Å². The van der Waals surface area contributed by atoms with Crippen molar-refractivity contribution in [1.29, 1.82) is 0 Å². The molecule has 15 heavy (non-hydrogen) atoms. The Hall–Kier alpha value is -1.38. The van der Waals surface area contributed by atoms with E-state index in [1.54, 1.807) is 0 Å². The summed E-state index contributed by atoms with van der Waals surface area (Å²) in [7, 11) is 0. The van der Waals surface area contributed by atoms with Crippen molar-refractivity contribution in [1.82, 2.24) is 9.97 Å². The highest BCUT2D eigenvalue weighted by Gasteiger charge is 2.11. The molecule has 0 aliphatic heterocycles. The van der Waals surface area contributed by atoms with Crippen LogP contribution in [0, 0.1) is 0 Å². The molecule has 3 heteroatoms. The van der Waals surface area contributed by atoms with Crippen molar-refractivity contribution in [2.75, 3.05) is 0 Å². The van der Waals surface area contributed by atoms with E-state index in [2.05, 4.69) is 37.7 Å². The van der Waals surface area contributed by atoms with Crippen molar-refractivity contribution in [3.05, 3.63) is 23.7 Å². The lowest BCUT2D eigenvalue weighted by atomic mass is 10.1. The minimum atomic E-state index is 0.307. The van der Waals surface area contributed by atoms with Gasteiger partial charge in [-0.3, -0.25) is 0 Å². The summed E-state index contributed by atoms with van der Waals surface area (Å²) in [5.74, 6) is 1.49. The summed E-state index contributed by atoms with van der Waals surface area (Å²) in [6.07, 6.45) is 0. The molecule has 2 aromatic rings. The fourth-order valence-corrected chi connectivity index (χ4v) is 1.42. The van der Waals surface area contributed by atoms with Crippen LogP contribution in [0.1, 0.15) is 51.1 Å². The number of nitrogens with zero attached hydrogens (tertiary/aromatic N) is 2. The molecule has 0 N–H and O–H groups in total. The monoisotopic (exact) mass is 204 g/mol. The highest BCUT2D eigenvalue weighted by atomic mass is 16.4. The molecule has 0 atom stereocenters. The van der Waals surface area contributed by atoms with Gasteiger partial charge in [-0.25, -0.2) is 9.97 Å². The van der Waals surface area contributed by atoms with E-state index in [4.69, 9.17) is 4.42 Å². The summed E-state index contributed by atoms with van der Waals surface area (Å²) in [6, 6.07) is 3.99. The number of rotatable bonds is 2. The topological polar surface area (TPSA) is 38.9 Å². The van der Waals surface area contributed by atoms with E-state index in [0.717, 1.165) is 17.1 Å². The third-order valence-corrected chi connectivity index (χ3v) is 2.38. The molecule has 0 saturated heterocycles. The van der Waals surface area contributed by atoms with E-state index in [9.17, 15) is 0 Å². The molecule has 0 bridgehead atoms. The predicted octanol–water partition coefficient (Wildman–Crippen LogP) is 3.47. The first-order valence-corrected chi connectivity index (χ1v) is 5.35. The molecule has 0 aliphatic carbocycles. The fraction of sp³-hybridized carbons (Fsp3) is 0.500. The third-order valence-electron chi connectivity index (χ3n) is 2.38. The highest BCUT2D eigenvalue weighted by molar-refractivity contribution is 5.68. The minimum absolute atomic E-state index is 0.307. The van der Waals surface area contributed by atoms with Crippen molar-refractivity contribution < 1.29 is 4.42 Å². The molecule has 0 fully saturated rings. The number of hydrogen-bond donors (Lipinski definition) is 0. The van der Waals surface area contributed by atoms with Crippen LogP contribution < -0.4 is 0 Å². The molecule has 80 valence electrons. The van der Waals surface area contributed by atoms with Crippen molar-refractivity contribution in [3.8, 4) is 0 Å². The van der Waals surface area contributed by atoms with Gasteiger partial charge in [0.2, 0.25) is 5.71 Å². The summed E-state index contributed by atoms with van der Waals surface area (Å²) in [5.41, 5.74) is 2.56. The van der Waals surface area contributed by atoms with Crippen molar-refractivity contribution in [2.24, 2.45) is 0 Å². The summed E-state index contributed by atoms with van der Waals surface area (Å²) in [5, 5.41) is 0. The Balaban J connectivity index is 2.52. The largest absolute Gasteiger partial charge is 0.422 e. The van der Waals surface area contributed by atoms with E-state index in [1.807, 2.05) is 12.1 Å². The highest BCUT2D eigenvalue weighted by Crippen LogP contribution is 2.21. The molecular formula is C12H16N2O. The molecule has 0 unspecified atom stereocenters. The zero-order chi connectivity index (χ0) is 11.0. The quantitative estimate of drug-likeness (QED) is 0.751. The van der Waals surface area contributed by atoms with E-state index < -0.39 is 0 Å². The lowest BCUT2D eigenvalue weighted by Crippen LogP contribution is -1.90. The normalized spacial score (nSPS) is 11.9. The number of aromatic nitrogens is 2. The van der Waals surface area contributed by atoms with E-state index in [-0.39, 0.29) is 0 Å². The van der Waals surface area contributed by atoms with Gasteiger partial charge in [0, 0.05) is 11.6 Å². The Kier molecular flexibility index (Phi) is 2.47. The molecule has 0 radical (unpaired) electrons. The van der Waals surface area contributed by atoms with Gasteiger partial charge < -0.3 is 4.42 Å². The molecular weight excluding hydrogens is 188 g/mol. The van der Waals surface area contributed by atoms with Crippen molar-refractivity contribution in [2.45, 2.75) is 39.5 Å². The van der Waals surface area contributed by atoms with Crippen LogP contribution in [0.25, 0.3) is 11.2 Å². The van der Waals surface area contributed by atoms with E-state index in [0.29, 0.717) is 17.5 Å². The number of hydrogen-bond acceptors (Lipinski definition) is 3. The number of fused-ring (bicyclic) bond motifs is 1. The standard InChI is InChI=1S/C12H16N2O/c1-7(2)9-5-6-10-12(13-9)15-11(14-10)8(3)4/h5-8H,1-4H3. The maximum Gasteiger partial charge on any atom is 0.247 e. The van der Waals surface area contributed by atoms with Gasteiger partial charge in [-0.05, 0) is 18.1 Å². The van der Waals surface area contributed by atoms with Crippen LogP contribution in [0.15, 0.2) is 16.5 Å². The number of pyridine rings is 1. The van der Waals surface area contributed by atoms with Gasteiger partial charge >= 0.3 is 0 Å². The smallest absolute Gasteiger partial charge is 0.247 e. The van der Waals surface area contributed by atoms with E-state index in [1.165, 1.54) is 0 Å². The van der Waals surface area contributed by atoms with Crippen LogP contribution in [-0.4, -0.2) is 9.97 Å². The van der Waals surface area contributed by atoms with E-state index >= 15 is 0 Å². The Morgan fingerprint density at radius 3 is 2.33 bits per heavy atom. The van der Waals surface area contributed by atoms with Gasteiger partial charge in [-0.2, -0.15) is 0 Å². The average molecular weight is 204 g/mol. The van der Waals surface area contributed by atoms with Crippen LogP contribution in [0.5, 0.6) is 0 Å². The van der Waals surface area contributed by atoms with Gasteiger partial charge in [-0.15, -0.1) is 0 Å². The first-order chi connectivity index (χ1) is 7.08. The second kappa shape index (κ2) is 3.65. The molecule has 3 nitrogen and oxygen atoms in total. The van der Waals surface area contributed by atoms with Crippen LogP contribution in [0.3, 0.4) is 0 Å². The lowest BCUT2D eigenvalue weighted by molar-refractivity contribution is 0.493. The second-order valence-corrected chi connectivity index (χ2v) is 4.42. The Labute approximate surface area is 89.5 Å². The molecule has 2 aromatic heterocycles. The SMILES string of the molecule is CC(C)c1ccc2nc(C(C)C)oc2n1. The van der Waals surface area contributed by atoms with Gasteiger partial charge in [0.1, 0.15) is 5.52 Å². The third kappa shape index (κ3) is 1.87. The molecule has 0 spiro atoms. The van der Waals surface area contributed by atoms with Crippen molar-refractivity contribution >= 4 is 11.2 Å². The fourth-order valence-electron chi connectivity index (χ4n) is 1.42. The van der Waals surface area contributed by atoms with Crippen LogP contribution in [0.2, 0.25) is 0 Å². The van der Waals surface area contributed by atoms with Gasteiger partial charge in [0.05, 0.1) is 0 Å². The summed E-state index contributed by atoms with van der Waals surface area (Å²) in [4.78, 5) is 8.83. The maximum absolute atomic E-state index is 5.60. The molecule has 0 aromatic carbocycles. The van der Waals surface area contributed by atoms with Gasteiger partial charge in [0.15, 0.2) is 5.89 Å². The first-order valence-electron chi connectivity index (χ1n) is 5.35.